The second-order valence-corrected chi connectivity index (χ2v) is 8.01. The number of fused-ring (bicyclic) bond motifs is 1. The van der Waals surface area contributed by atoms with Crippen molar-refractivity contribution < 1.29 is 13.9 Å². The highest BCUT2D eigenvalue weighted by molar-refractivity contribution is 5.94. The highest BCUT2D eigenvalue weighted by Gasteiger charge is 2.36. The number of allylic oxidation sites excluding steroid dienone is 2. The number of halogens is 1. The Morgan fingerprint density at radius 2 is 1.76 bits per heavy atom. The second kappa shape index (κ2) is 9.46. The van der Waals surface area contributed by atoms with Gasteiger partial charge in [0.15, 0.2) is 6.20 Å². The van der Waals surface area contributed by atoms with Crippen molar-refractivity contribution in [1.29, 1.82) is 10.5 Å². The summed E-state index contributed by atoms with van der Waals surface area (Å²) in [6.07, 6.45) is 2.58. The SMILES string of the molecule is N#CC(C#N)=C1c2ccccc2CC[C@@H]1[C@H](CC(=O)c1cccc[n+]1[O-])c1ccc(F)cc1. The summed E-state index contributed by atoms with van der Waals surface area (Å²) in [5.74, 6) is -1.52. The third kappa shape index (κ3) is 4.37. The molecule has 2 aromatic carbocycles. The summed E-state index contributed by atoms with van der Waals surface area (Å²) in [6.45, 7) is 0. The van der Waals surface area contributed by atoms with E-state index in [9.17, 15) is 24.9 Å². The Hall–Kier alpha value is -4.29. The van der Waals surface area contributed by atoms with Crippen LogP contribution >= 0.6 is 0 Å². The minimum absolute atomic E-state index is 0.00492. The lowest BCUT2D eigenvalue weighted by atomic mass is 9.68. The van der Waals surface area contributed by atoms with E-state index in [1.54, 1.807) is 24.3 Å². The van der Waals surface area contributed by atoms with E-state index in [1.165, 1.54) is 24.4 Å². The fourth-order valence-electron chi connectivity index (χ4n) is 4.67. The van der Waals surface area contributed by atoms with Gasteiger partial charge in [-0.05, 0) is 65.1 Å². The van der Waals surface area contributed by atoms with Gasteiger partial charge in [0.05, 0.1) is 0 Å². The van der Waals surface area contributed by atoms with Crippen LogP contribution < -0.4 is 4.73 Å². The molecule has 0 radical (unpaired) electrons. The second-order valence-electron chi connectivity index (χ2n) is 8.01. The van der Waals surface area contributed by atoms with Crippen molar-refractivity contribution in [3.63, 3.8) is 0 Å². The average molecular weight is 437 g/mol. The molecule has 33 heavy (non-hydrogen) atoms. The molecule has 0 bridgehead atoms. The number of aryl methyl sites for hydroxylation is 1. The van der Waals surface area contributed by atoms with Crippen LogP contribution in [0.15, 0.2) is 78.5 Å². The van der Waals surface area contributed by atoms with Crippen LogP contribution in [0.4, 0.5) is 4.39 Å². The Morgan fingerprint density at radius 3 is 2.45 bits per heavy atom. The average Bonchev–Trinajstić information content (AvgIpc) is 2.84. The molecule has 0 N–H and O–H groups in total. The number of nitrogens with zero attached hydrogens (tertiary/aromatic N) is 3. The topological polar surface area (TPSA) is 91.6 Å². The molecule has 0 spiro atoms. The molecule has 6 heteroatoms. The van der Waals surface area contributed by atoms with Crippen LogP contribution in [0.3, 0.4) is 0 Å². The smallest absolute Gasteiger partial charge is 0.259 e. The minimum atomic E-state index is -0.446. The van der Waals surface area contributed by atoms with Gasteiger partial charge < -0.3 is 5.21 Å². The lowest BCUT2D eigenvalue weighted by Crippen LogP contribution is -2.35. The van der Waals surface area contributed by atoms with Crippen LogP contribution in [0.5, 0.6) is 0 Å². The van der Waals surface area contributed by atoms with Gasteiger partial charge in [0.25, 0.3) is 5.69 Å². The third-order valence-electron chi connectivity index (χ3n) is 6.19. The molecular weight excluding hydrogens is 417 g/mol. The van der Waals surface area contributed by atoms with Crippen LogP contribution in [0.1, 0.15) is 45.9 Å². The van der Waals surface area contributed by atoms with Gasteiger partial charge in [-0.15, -0.1) is 0 Å². The number of hydrogen-bond acceptors (Lipinski definition) is 4. The molecule has 5 nitrogen and oxygen atoms in total. The van der Waals surface area contributed by atoms with Crippen LogP contribution in [-0.2, 0) is 6.42 Å². The normalized spacial score (nSPS) is 15.6. The van der Waals surface area contributed by atoms with Crippen molar-refractivity contribution in [2.75, 3.05) is 0 Å². The van der Waals surface area contributed by atoms with Crippen molar-refractivity contribution in [3.8, 4) is 12.1 Å². The van der Waals surface area contributed by atoms with Gasteiger partial charge in [-0.2, -0.15) is 15.3 Å². The molecule has 3 aromatic rings. The van der Waals surface area contributed by atoms with Gasteiger partial charge in [-0.3, -0.25) is 4.79 Å². The van der Waals surface area contributed by atoms with Gasteiger partial charge >= 0.3 is 0 Å². The Balaban J connectivity index is 1.84. The standard InChI is InChI=1S/C27H20FN3O2/c28-21-11-8-19(9-12-21)24(15-26(32)25-7-3-4-14-31(25)33)23-13-10-18-5-1-2-6-22(18)27(23)20(16-29)17-30/h1-9,11-12,14,23-24H,10,13,15H2/t23-,24-/m1/s1. The lowest BCUT2D eigenvalue weighted by molar-refractivity contribution is -0.607. The van der Waals surface area contributed by atoms with Crippen molar-refractivity contribution >= 4 is 11.4 Å². The molecule has 0 fully saturated rings. The largest absolute Gasteiger partial charge is 0.618 e. The zero-order chi connectivity index (χ0) is 23.4. The van der Waals surface area contributed by atoms with Crippen LogP contribution in [0, 0.1) is 39.6 Å². The Morgan fingerprint density at radius 1 is 1.06 bits per heavy atom. The summed E-state index contributed by atoms with van der Waals surface area (Å²) in [4.78, 5) is 13.2. The van der Waals surface area contributed by atoms with Gasteiger partial charge in [0.2, 0.25) is 5.78 Å². The molecule has 1 aliphatic rings. The Kier molecular flexibility index (Phi) is 6.29. The number of Topliss-reactive ketones (excluding diaryl/α,β-unsaturated/α-hetero) is 1. The molecule has 1 heterocycles. The fraction of sp³-hybridized carbons (Fsp3) is 0.185. The maximum atomic E-state index is 13.7. The van der Waals surface area contributed by atoms with Crippen molar-refractivity contribution in [1.82, 2.24) is 0 Å². The summed E-state index contributed by atoms with van der Waals surface area (Å²) in [5.41, 5.74) is 3.21. The van der Waals surface area contributed by atoms with Gasteiger partial charge in [-0.1, -0.05) is 36.4 Å². The van der Waals surface area contributed by atoms with E-state index in [-0.39, 0.29) is 29.4 Å². The summed E-state index contributed by atoms with van der Waals surface area (Å²) >= 11 is 0. The van der Waals surface area contributed by atoms with Crippen LogP contribution in [-0.4, -0.2) is 5.78 Å². The molecule has 0 saturated carbocycles. The summed E-state index contributed by atoms with van der Waals surface area (Å²) in [6, 6.07) is 22.2. The number of hydrogen-bond donors (Lipinski definition) is 0. The molecule has 4 rings (SSSR count). The van der Waals surface area contributed by atoms with E-state index in [0.29, 0.717) is 23.1 Å². The van der Waals surface area contributed by atoms with Gasteiger partial charge in [0, 0.05) is 18.6 Å². The molecule has 0 amide bonds. The maximum Gasteiger partial charge on any atom is 0.259 e. The monoisotopic (exact) mass is 437 g/mol. The molecule has 2 atom stereocenters. The summed E-state index contributed by atoms with van der Waals surface area (Å²) in [7, 11) is 0. The van der Waals surface area contributed by atoms with Crippen LogP contribution in [0.2, 0.25) is 0 Å². The minimum Gasteiger partial charge on any atom is -0.618 e. The summed E-state index contributed by atoms with van der Waals surface area (Å²) < 4.78 is 14.2. The first-order chi connectivity index (χ1) is 16.0. The molecular formula is C27H20FN3O2. The third-order valence-corrected chi connectivity index (χ3v) is 6.19. The van der Waals surface area contributed by atoms with Gasteiger partial charge in [-0.25, -0.2) is 4.39 Å². The van der Waals surface area contributed by atoms with E-state index in [1.807, 2.05) is 36.4 Å². The van der Waals surface area contributed by atoms with E-state index in [0.717, 1.165) is 16.7 Å². The number of rotatable bonds is 5. The van der Waals surface area contributed by atoms with Gasteiger partial charge in [0.1, 0.15) is 23.5 Å². The highest BCUT2D eigenvalue weighted by atomic mass is 19.1. The predicted molar refractivity (Wildman–Crippen MR) is 120 cm³/mol. The summed E-state index contributed by atoms with van der Waals surface area (Å²) in [5, 5.41) is 31.6. The number of carbonyl (C=O) groups excluding carboxylic acids is 1. The fourth-order valence-corrected chi connectivity index (χ4v) is 4.67. The van der Waals surface area contributed by atoms with E-state index in [4.69, 9.17) is 0 Å². The van der Waals surface area contributed by atoms with E-state index >= 15 is 0 Å². The number of benzene rings is 2. The van der Waals surface area contributed by atoms with E-state index < -0.39 is 11.7 Å². The van der Waals surface area contributed by atoms with Crippen molar-refractivity contribution in [2.45, 2.75) is 25.2 Å². The molecule has 0 unspecified atom stereocenters. The van der Waals surface area contributed by atoms with Crippen molar-refractivity contribution in [2.24, 2.45) is 5.92 Å². The number of aromatic nitrogens is 1. The highest BCUT2D eigenvalue weighted by Crippen LogP contribution is 2.46. The Labute approximate surface area is 191 Å². The number of carbonyl (C=O) groups is 1. The lowest BCUT2D eigenvalue weighted by Gasteiger charge is -2.34. The number of nitriles is 2. The molecule has 0 saturated heterocycles. The van der Waals surface area contributed by atoms with Crippen molar-refractivity contribution in [3.05, 3.63) is 112 Å². The van der Waals surface area contributed by atoms with Crippen LogP contribution in [0.25, 0.3) is 5.57 Å². The first kappa shape index (κ1) is 21.9. The molecule has 162 valence electrons. The first-order valence-corrected chi connectivity index (χ1v) is 10.6. The zero-order valence-electron chi connectivity index (χ0n) is 17.7. The zero-order valence-corrected chi connectivity index (χ0v) is 17.7. The molecule has 1 aliphatic carbocycles. The molecule has 0 aliphatic heterocycles. The Bertz CT molecular complexity index is 1300. The molecule has 1 aromatic heterocycles. The predicted octanol–water partition coefficient (Wildman–Crippen LogP) is 4.88. The first-order valence-electron chi connectivity index (χ1n) is 10.6. The van der Waals surface area contributed by atoms with E-state index in [2.05, 4.69) is 0 Å². The number of pyridine rings is 1. The number of ketones is 1. The maximum absolute atomic E-state index is 13.7. The quantitative estimate of drug-likeness (QED) is 0.246.